The second kappa shape index (κ2) is 8.75. The summed E-state index contributed by atoms with van der Waals surface area (Å²) in [5.74, 6) is 0.585. The summed E-state index contributed by atoms with van der Waals surface area (Å²) < 4.78 is 0. The van der Waals surface area contributed by atoms with E-state index in [1.807, 2.05) is 12.1 Å². The fraction of sp³-hybridized carbons (Fsp3) is 0.588. The van der Waals surface area contributed by atoms with Gasteiger partial charge in [-0.2, -0.15) is 0 Å². The molecule has 0 heterocycles. The van der Waals surface area contributed by atoms with Crippen molar-refractivity contribution in [3.63, 3.8) is 0 Å². The molecule has 1 aromatic rings. The Hall–Kier alpha value is -1.35. The fourth-order valence-corrected chi connectivity index (χ4v) is 2.52. The first-order valence-corrected chi connectivity index (χ1v) is 7.65. The van der Waals surface area contributed by atoms with E-state index >= 15 is 0 Å². The molecule has 0 bridgehead atoms. The maximum Gasteiger partial charge on any atom is 0.220 e. The highest BCUT2D eigenvalue weighted by molar-refractivity contribution is 5.76. The topological polar surface area (TPSA) is 55.1 Å². The molecule has 0 aliphatic rings. The summed E-state index contributed by atoms with van der Waals surface area (Å²) in [6.45, 7) is 6.96. The highest BCUT2D eigenvalue weighted by Crippen LogP contribution is 2.11. The Morgan fingerprint density at radius 1 is 1.25 bits per heavy atom. The third-order valence-electron chi connectivity index (χ3n) is 4.07. The van der Waals surface area contributed by atoms with E-state index in [0.29, 0.717) is 18.9 Å². The van der Waals surface area contributed by atoms with E-state index in [4.69, 9.17) is 5.73 Å². The van der Waals surface area contributed by atoms with Crippen molar-refractivity contribution < 1.29 is 4.79 Å². The van der Waals surface area contributed by atoms with E-state index in [2.05, 4.69) is 38.2 Å². The lowest BCUT2D eigenvalue weighted by Crippen LogP contribution is -2.41. The molecular formula is C17H28N2O. The average Bonchev–Trinajstić information content (AvgIpc) is 2.45. The Balaban J connectivity index is 2.32. The number of nitrogens with two attached hydrogens (primary N) is 1. The highest BCUT2D eigenvalue weighted by atomic mass is 16.1. The molecule has 20 heavy (non-hydrogen) atoms. The number of nitrogens with one attached hydrogen (secondary N) is 1. The number of benzene rings is 1. The average molecular weight is 276 g/mol. The molecule has 112 valence electrons. The van der Waals surface area contributed by atoms with Gasteiger partial charge in [0.05, 0.1) is 0 Å². The summed E-state index contributed by atoms with van der Waals surface area (Å²) in [5, 5.41) is 2.96. The van der Waals surface area contributed by atoms with Gasteiger partial charge in [-0.15, -0.1) is 0 Å². The fourth-order valence-electron chi connectivity index (χ4n) is 2.52. The number of rotatable bonds is 8. The second-order valence-corrected chi connectivity index (χ2v) is 5.47. The standard InChI is InChI=1S/C17H28N2O/c1-4-14(5-2)16(18)12-19-17(20)11-10-15-9-7-6-8-13(15)3/h6-9,14,16H,4-5,10-12,18H2,1-3H3,(H,19,20). The molecular weight excluding hydrogens is 248 g/mol. The van der Waals surface area contributed by atoms with Crippen molar-refractivity contribution in [2.24, 2.45) is 11.7 Å². The maximum atomic E-state index is 11.9. The van der Waals surface area contributed by atoms with Crippen molar-refractivity contribution in [1.82, 2.24) is 5.32 Å². The van der Waals surface area contributed by atoms with Crippen LogP contribution >= 0.6 is 0 Å². The molecule has 0 spiro atoms. The molecule has 3 nitrogen and oxygen atoms in total. The van der Waals surface area contributed by atoms with Crippen LogP contribution in [-0.2, 0) is 11.2 Å². The normalized spacial score (nSPS) is 12.4. The van der Waals surface area contributed by atoms with Crippen LogP contribution < -0.4 is 11.1 Å². The van der Waals surface area contributed by atoms with Gasteiger partial charge in [0.25, 0.3) is 0 Å². The zero-order valence-electron chi connectivity index (χ0n) is 13.0. The first-order chi connectivity index (χ1) is 9.58. The molecule has 0 saturated heterocycles. The van der Waals surface area contributed by atoms with Gasteiger partial charge in [-0.3, -0.25) is 4.79 Å². The first-order valence-electron chi connectivity index (χ1n) is 7.65. The van der Waals surface area contributed by atoms with Gasteiger partial charge in [-0.05, 0) is 30.4 Å². The Bertz CT molecular complexity index is 413. The molecule has 3 heteroatoms. The monoisotopic (exact) mass is 276 g/mol. The smallest absolute Gasteiger partial charge is 0.220 e. The quantitative estimate of drug-likeness (QED) is 0.767. The van der Waals surface area contributed by atoms with Crippen LogP contribution in [0, 0.1) is 12.8 Å². The second-order valence-electron chi connectivity index (χ2n) is 5.47. The van der Waals surface area contributed by atoms with Gasteiger partial charge in [0.2, 0.25) is 5.91 Å². The number of hydrogen-bond acceptors (Lipinski definition) is 2. The van der Waals surface area contributed by atoms with Gasteiger partial charge in [0.1, 0.15) is 0 Å². The SMILES string of the molecule is CCC(CC)C(N)CNC(=O)CCc1ccccc1C. The molecule has 0 aromatic heterocycles. The number of aryl methyl sites for hydroxylation is 2. The molecule has 1 unspecified atom stereocenters. The van der Waals surface area contributed by atoms with Crippen LogP contribution in [0.1, 0.15) is 44.2 Å². The van der Waals surface area contributed by atoms with E-state index in [1.54, 1.807) is 0 Å². The Labute approximate surface area is 122 Å². The van der Waals surface area contributed by atoms with Crippen molar-refractivity contribution >= 4 is 5.91 Å². The zero-order chi connectivity index (χ0) is 15.0. The van der Waals surface area contributed by atoms with E-state index in [9.17, 15) is 4.79 Å². The van der Waals surface area contributed by atoms with Crippen LogP contribution in [0.25, 0.3) is 0 Å². The summed E-state index contributed by atoms with van der Waals surface area (Å²) in [6.07, 6.45) is 3.45. The number of amides is 1. The molecule has 1 atom stereocenters. The lowest BCUT2D eigenvalue weighted by Gasteiger charge is -2.21. The molecule has 0 saturated carbocycles. The van der Waals surface area contributed by atoms with E-state index < -0.39 is 0 Å². The van der Waals surface area contributed by atoms with Gasteiger partial charge < -0.3 is 11.1 Å². The van der Waals surface area contributed by atoms with Crippen LogP contribution in [0.5, 0.6) is 0 Å². The lowest BCUT2D eigenvalue weighted by atomic mass is 9.95. The van der Waals surface area contributed by atoms with Crippen molar-refractivity contribution in [3.05, 3.63) is 35.4 Å². The maximum absolute atomic E-state index is 11.9. The Morgan fingerprint density at radius 3 is 2.50 bits per heavy atom. The van der Waals surface area contributed by atoms with Crippen LogP contribution in [-0.4, -0.2) is 18.5 Å². The van der Waals surface area contributed by atoms with Crippen LogP contribution in [0.15, 0.2) is 24.3 Å². The molecule has 3 N–H and O–H groups in total. The van der Waals surface area contributed by atoms with Crippen LogP contribution in [0.2, 0.25) is 0 Å². The van der Waals surface area contributed by atoms with E-state index in [0.717, 1.165) is 19.3 Å². The molecule has 1 amide bonds. The van der Waals surface area contributed by atoms with E-state index in [-0.39, 0.29) is 11.9 Å². The number of carbonyl (C=O) groups is 1. The molecule has 0 aliphatic carbocycles. The van der Waals surface area contributed by atoms with Crippen molar-refractivity contribution in [1.29, 1.82) is 0 Å². The van der Waals surface area contributed by atoms with Crippen molar-refractivity contribution in [2.45, 2.75) is 52.5 Å². The molecule has 1 rings (SSSR count). The Morgan fingerprint density at radius 2 is 1.90 bits per heavy atom. The molecule has 0 radical (unpaired) electrons. The summed E-state index contributed by atoms with van der Waals surface area (Å²) in [4.78, 5) is 11.9. The van der Waals surface area contributed by atoms with E-state index in [1.165, 1.54) is 11.1 Å². The summed E-state index contributed by atoms with van der Waals surface area (Å²) in [5.41, 5.74) is 8.59. The minimum atomic E-state index is 0.0624. The summed E-state index contributed by atoms with van der Waals surface area (Å²) >= 11 is 0. The minimum absolute atomic E-state index is 0.0624. The predicted octanol–water partition coefficient (Wildman–Crippen LogP) is 2.81. The van der Waals surface area contributed by atoms with Crippen LogP contribution in [0.3, 0.4) is 0 Å². The first kappa shape index (κ1) is 16.7. The van der Waals surface area contributed by atoms with Gasteiger partial charge in [-0.25, -0.2) is 0 Å². The lowest BCUT2D eigenvalue weighted by molar-refractivity contribution is -0.121. The van der Waals surface area contributed by atoms with Gasteiger partial charge in [0, 0.05) is 19.0 Å². The van der Waals surface area contributed by atoms with Gasteiger partial charge >= 0.3 is 0 Å². The van der Waals surface area contributed by atoms with Crippen molar-refractivity contribution in [2.75, 3.05) is 6.54 Å². The van der Waals surface area contributed by atoms with Gasteiger partial charge in [0.15, 0.2) is 0 Å². The third kappa shape index (κ3) is 5.33. The third-order valence-corrected chi connectivity index (χ3v) is 4.07. The summed E-state index contributed by atoms with van der Waals surface area (Å²) in [6, 6.07) is 8.26. The minimum Gasteiger partial charge on any atom is -0.355 e. The number of hydrogen-bond donors (Lipinski definition) is 2. The van der Waals surface area contributed by atoms with Crippen LogP contribution in [0.4, 0.5) is 0 Å². The molecule has 1 aromatic carbocycles. The molecule has 0 fully saturated rings. The molecule has 0 aliphatic heterocycles. The highest BCUT2D eigenvalue weighted by Gasteiger charge is 2.14. The Kier molecular flexibility index (Phi) is 7.31. The number of carbonyl (C=O) groups excluding carboxylic acids is 1. The van der Waals surface area contributed by atoms with Gasteiger partial charge in [-0.1, -0.05) is 51.0 Å². The van der Waals surface area contributed by atoms with Crippen molar-refractivity contribution in [3.8, 4) is 0 Å². The predicted molar refractivity (Wildman–Crippen MR) is 84.6 cm³/mol. The zero-order valence-corrected chi connectivity index (χ0v) is 13.0. The largest absolute Gasteiger partial charge is 0.355 e. The summed E-state index contributed by atoms with van der Waals surface area (Å²) in [7, 11) is 0.